The van der Waals surface area contributed by atoms with E-state index in [1.807, 2.05) is 6.92 Å². The van der Waals surface area contributed by atoms with Crippen molar-refractivity contribution in [3.63, 3.8) is 0 Å². The van der Waals surface area contributed by atoms with Crippen LogP contribution in [0.15, 0.2) is 59.5 Å². The summed E-state index contributed by atoms with van der Waals surface area (Å²) in [6.45, 7) is 1.84. The molecular formula is C22H19F3N2O5S. The smallest absolute Gasteiger partial charge is 0.386 e. The van der Waals surface area contributed by atoms with E-state index in [-0.39, 0.29) is 23.4 Å². The first-order valence-corrected chi connectivity index (χ1v) is 11.2. The van der Waals surface area contributed by atoms with E-state index in [1.165, 1.54) is 12.1 Å². The number of carbonyl (C=O) groups is 2. The van der Waals surface area contributed by atoms with Gasteiger partial charge in [0, 0.05) is 17.5 Å². The summed E-state index contributed by atoms with van der Waals surface area (Å²) in [5, 5.41) is 0.665. The van der Waals surface area contributed by atoms with Crippen molar-refractivity contribution in [2.45, 2.75) is 37.3 Å². The van der Waals surface area contributed by atoms with Crippen LogP contribution < -0.4 is 4.72 Å². The molecule has 33 heavy (non-hydrogen) atoms. The van der Waals surface area contributed by atoms with E-state index in [4.69, 9.17) is 0 Å². The number of pyridine rings is 1. The normalized spacial score (nSPS) is 11.9. The molecule has 0 bridgehead atoms. The van der Waals surface area contributed by atoms with Crippen molar-refractivity contribution >= 4 is 38.6 Å². The summed E-state index contributed by atoms with van der Waals surface area (Å²) in [5.74, 6) is -3.84. The molecule has 0 aliphatic carbocycles. The second-order valence-electron chi connectivity index (χ2n) is 7.21. The average molecular weight is 480 g/mol. The van der Waals surface area contributed by atoms with Crippen molar-refractivity contribution in [3.05, 3.63) is 65.9 Å². The maximum absolute atomic E-state index is 12.7. The van der Waals surface area contributed by atoms with Crippen molar-refractivity contribution in [1.29, 1.82) is 0 Å². The van der Waals surface area contributed by atoms with Gasteiger partial charge in [-0.1, -0.05) is 35.9 Å². The SMILES string of the molecule is Cc1ccc(S(=O)(=O)Nc2cccc3ccc(CCCC(=O)OC(=O)C(F)(F)F)nc23)cc1. The van der Waals surface area contributed by atoms with Crippen molar-refractivity contribution in [1.82, 2.24) is 4.98 Å². The van der Waals surface area contributed by atoms with Gasteiger partial charge in [-0.15, -0.1) is 0 Å². The molecule has 11 heteroatoms. The van der Waals surface area contributed by atoms with E-state index >= 15 is 0 Å². The molecule has 0 aliphatic heterocycles. The molecule has 7 nitrogen and oxygen atoms in total. The van der Waals surface area contributed by atoms with Crippen LogP contribution in [-0.4, -0.2) is 31.5 Å². The number of aromatic nitrogens is 1. The number of aryl methyl sites for hydroxylation is 2. The average Bonchev–Trinajstić information content (AvgIpc) is 2.73. The number of nitrogens with one attached hydrogen (secondary N) is 1. The molecule has 0 amide bonds. The van der Waals surface area contributed by atoms with Gasteiger partial charge >= 0.3 is 18.1 Å². The van der Waals surface area contributed by atoms with E-state index in [0.29, 0.717) is 16.6 Å². The summed E-state index contributed by atoms with van der Waals surface area (Å²) in [5.41, 5.74) is 2.03. The van der Waals surface area contributed by atoms with Crippen LogP contribution in [0.4, 0.5) is 18.9 Å². The fourth-order valence-electron chi connectivity index (χ4n) is 2.96. The third-order valence-corrected chi connectivity index (χ3v) is 5.99. The van der Waals surface area contributed by atoms with Crippen LogP contribution >= 0.6 is 0 Å². The lowest BCUT2D eigenvalue weighted by Gasteiger charge is -2.11. The Hall–Kier alpha value is -3.47. The van der Waals surface area contributed by atoms with E-state index in [2.05, 4.69) is 14.4 Å². The number of hydrogen-bond acceptors (Lipinski definition) is 6. The number of fused-ring (bicyclic) bond motifs is 1. The van der Waals surface area contributed by atoms with Crippen LogP contribution in [0.5, 0.6) is 0 Å². The molecule has 0 fully saturated rings. The zero-order chi connectivity index (χ0) is 24.2. The van der Waals surface area contributed by atoms with Gasteiger partial charge < -0.3 is 4.74 Å². The van der Waals surface area contributed by atoms with Gasteiger partial charge in [0.15, 0.2) is 0 Å². The summed E-state index contributed by atoms with van der Waals surface area (Å²) in [6, 6.07) is 14.7. The lowest BCUT2D eigenvalue weighted by molar-refractivity contribution is -0.201. The number of para-hydroxylation sites is 1. The monoisotopic (exact) mass is 480 g/mol. The Bertz CT molecular complexity index is 1290. The van der Waals surface area contributed by atoms with E-state index in [9.17, 15) is 31.2 Å². The predicted octanol–water partition coefficient (Wildman–Crippen LogP) is 4.30. The molecule has 1 aromatic heterocycles. The summed E-state index contributed by atoms with van der Waals surface area (Å²) >= 11 is 0. The molecule has 0 unspecified atom stereocenters. The minimum Gasteiger partial charge on any atom is -0.386 e. The summed E-state index contributed by atoms with van der Waals surface area (Å²) in [6.07, 6.45) is -5.37. The molecular weight excluding hydrogens is 461 g/mol. The molecule has 0 aliphatic rings. The number of halogens is 3. The molecule has 3 rings (SSSR count). The second-order valence-corrected chi connectivity index (χ2v) is 8.89. The van der Waals surface area contributed by atoms with Gasteiger partial charge in [-0.05, 0) is 44.0 Å². The van der Waals surface area contributed by atoms with Gasteiger partial charge in [-0.2, -0.15) is 13.2 Å². The van der Waals surface area contributed by atoms with Crippen LogP contribution in [0.2, 0.25) is 0 Å². The number of alkyl halides is 3. The Balaban J connectivity index is 1.72. The quantitative estimate of drug-likeness (QED) is 0.400. The van der Waals surface area contributed by atoms with Crippen molar-refractivity contribution < 1.29 is 35.9 Å². The second kappa shape index (κ2) is 9.57. The molecule has 0 saturated heterocycles. The van der Waals surface area contributed by atoms with Crippen LogP contribution in [0.1, 0.15) is 24.1 Å². The standard InChI is InChI=1S/C22H19F3N2O5S/c1-14-8-12-17(13-9-14)33(30,31)27-18-6-2-4-15-10-11-16(26-20(15)18)5-3-7-19(28)32-21(29)22(23,24)25/h2,4,6,8-13,27H,3,5,7H2,1H3. The fraction of sp³-hybridized carbons (Fsp3) is 0.227. The first-order chi connectivity index (χ1) is 15.5. The number of nitrogens with zero attached hydrogens (tertiary/aromatic N) is 1. The molecule has 0 atom stereocenters. The summed E-state index contributed by atoms with van der Waals surface area (Å²) in [4.78, 5) is 26.6. The molecule has 174 valence electrons. The number of hydrogen-bond donors (Lipinski definition) is 1. The van der Waals surface area contributed by atoms with E-state index < -0.39 is 34.6 Å². The Kier molecular flexibility index (Phi) is 7.01. The Morgan fingerprint density at radius 2 is 1.73 bits per heavy atom. The number of ether oxygens (including phenoxy) is 1. The van der Waals surface area contributed by atoms with Crippen LogP contribution in [-0.2, 0) is 30.8 Å². The van der Waals surface area contributed by atoms with Gasteiger partial charge in [0.05, 0.1) is 16.1 Å². The molecule has 0 radical (unpaired) electrons. The number of rotatable bonds is 7. The minimum absolute atomic E-state index is 0.0831. The number of carbonyl (C=O) groups excluding carboxylic acids is 2. The zero-order valence-electron chi connectivity index (χ0n) is 17.3. The largest absolute Gasteiger partial charge is 0.491 e. The predicted molar refractivity (Wildman–Crippen MR) is 114 cm³/mol. The Morgan fingerprint density at radius 3 is 2.39 bits per heavy atom. The molecule has 1 N–H and O–H groups in total. The minimum atomic E-state index is -5.24. The highest BCUT2D eigenvalue weighted by molar-refractivity contribution is 7.92. The maximum atomic E-state index is 12.7. The first-order valence-electron chi connectivity index (χ1n) is 9.76. The highest BCUT2D eigenvalue weighted by atomic mass is 32.2. The van der Waals surface area contributed by atoms with Crippen LogP contribution in [0, 0.1) is 6.92 Å². The number of benzene rings is 2. The Morgan fingerprint density at radius 1 is 1.03 bits per heavy atom. The first kappa shape index (κ1) is 24.2. The van der Waals surface area contributed by atoms with Crippen molar-refractivity contribution in [3.8, 4) is 0 Å². The molecule has 0 saturated carbocycles. The van der Waals surface area contributed by atoms with Gasteiger partial charge in [0.1, 0.15) is 0 Å². The van der Waals surface area contributed by atoms with E-state index in [1.54, 1.807) is 42.5 Å². The Labute approximate surface area is 187 Å². The fourth-order valence-corrected chi connectivity index (χ4v) is 4.02. The van der Waals surface area contributed by atoms with Crippen LogP contribution in [0.25, 0.3) is 10.9 Å². The number of esters is 2. The van der Waals surface area contributed by atoms with E-state index in [0.717, 1.165) is 5.56 Å². The lowest BCUT2D eigenvalue weighted by atomic mass is 10.1. The molecule has 3 aromatic rings. The van der Waals surface area contributed by atoms with Gasteiger partial charge in [0.2, 0.25) is 0 Å². The van der Waals surface area contributed by atoms with Gasteiger partial charge in [-0.25, -0.2) is 13.2 Å². The van der Waals surface area contributed by atoms with Crippen LogP contribution in [0.3, 0.4) is 0 Å². The molecule has 2 aromatic carbocycles. The van der Waals surface area contributed by atoms with Gasteiger partial charge in [0.25, 0.3) is 10.0 Å². The third-order valence-electron chi connectivity index (χ3n) is 4.61. The zero-order valence-corrected chi connectivity index (χ0v) is 18.2. The molecule has 1 heterocycles. The summed E-state index contributed by atoms with van der Waals surface area (Å²) in [7, 11) is -3.86. The molecule has 0 spiro atoms. The van der Waals surface area contributed by atoms with Crippen molar-refractivity contribution in [2.75, 3.05) is 4.72 Å². The maximum Gasteiger partial charge on any atom is 0.491 e. The summed E-state index contributed by atoms with van der Waals surface area (Å²) < 4.78 is 68.2. The van der Waals surface area contributed by atoms with Crippen molar-refractivity contribution in [2.24, 2.45) is 0 Å². The lowest BCUT2D eigenvalue weighted by Crippen LogP contribution is -2.27. The highest BCUT2D eigenvalue weighted by Crippen LogP contribution is 2.25. The number of anilines is 1. The highest BCUT2D eigenvalue weighted by Gasteiger charge is 2.42. The third kappa shape index (κ3) is 6.28. The van der Waals surface area contributed by atoms with Gasteiger partial charge in [-0.3, -0.25) is 14.5 Å². The topological polar surface area (TPSA) is 102 Å². The number of sulfonamides is 1.